The molecule has 1 fully saturated rings. The molecule has 2 amide bonds. The van der Waals surface area contributed by atoms with Crippen LogP contribution in [0, 0.1) is 13.8 Å². The average Bonchev–Trinajstić information content (AvgIpc) is 2.71. The number of rotatable bonds is 6. The lowest BCUT2D eigenvalue weighted by Gasteiger charge is -2.34. The molecule has 0 atom stereocenters. The van der Waals surface area contributed by atoms with Crippen molar-refractivity contribution >= 4 is 17.5 Å². The van der Waals surface area contributed by atoms with Gasteiger partial charge >= 0.3 is 0 Å². The molecule has 1 aliphatic heterocycles. The third kappa shape index (κ3) is 5.48. The highest BCUT2D eigenvalue weighted by Crippen LogP contribution is 2.27. The standard InChI is InChI=1S/C25H33N3O2/c1-18(2)22-11-7-9-20(4)25(22)26-23(29)17-27-12-14-28(15-13-27)24(30)16-21-10-6-5-8-19(21)3/h5-11,18H,12-17H2,1-4H3,(H,26,29). The van der Waals surface area contributed by atoms with E-state index in [1.54, 1.807) is 0 Å². The summed E-state index contributed by atoms with van der Waals surface area (Å²) in [5.74, 6) is 0.517. The van der Waals surface area contributed by atoms with Gasteiger partial charge in [0, 0.05) is 31.9 Å². The first-order valence-corrected chi connectivity index (χ1v) is 10.8. The molecule has 160 valence electrons. The number of para-hydroxylation sites is 1. The van der Waals surface area contributed by atoms with E-state index < -0.39 is 0 Å². The van der Waals surface area contributed by atoms with Crippen LogP contribution in [-0.2, 0) is 16.0 Å². The van der Waals surface area contributed by atoms with Gasteiger partial charge in [0.05, 0.1) is 13.0 Å². The lowest BCUT2D eigenvalue weighted by molar-refractivity contribution is -0.132. The molecule has 5 nitrogen and oxygen atoms in total. The minimum atomic E-state index is 0.00545. The van der Waals surface area contributed by atoms with Gasteiger partial charge in [-0.1, -0.05) is 56.3 Å². The van der Waals surface area contributed by atoms with Crippen molar-refractivity contribution in [1.82, 2.24) is 9.80 Å². The van der Waals surface area contributed by atoms with Gasteiger partial charge in [0.15, 0.2) is 0 Å². The molecule has 1 heterocycles. The fraction of sp³-hybridized carbons (Fsp3) is 0.440. The molecule has 30 heavy (non-hydrogen) atoms. The van der Waals surface area contributed by atoms with Crippen molar-refractivity contribution in [2.24, 2.45) is 0 Å². The number of carbonyl (C=O) groups is 2. The minimum Gasteiger partial charge on any atom is -0.340 e. The number of nitrogens with one attached hydrogen (secondary N) is 1. The fourth-order valence-corrected chi connectivity index (χ4v) is 3.96. The van der Waals surface area contributed by atoms with Gasteiger partial charge in [-0.2, -0.15) is 0 Å². The van der Waals surface area contributed by atoms with Crippen molar-refractivity contribution in [3.05, 3.63) is 64.7 Å². The summed E-state index contributed by atoms with van der Waals surface area (Å²) in [5.41, 5.74) is 5.42. The molecule has 2 aromatic rings. The Balaban J connectivity index is 1.51. The van der Waals surface area contributed by atoms with Crippen molar-refractivity contribution in [2.75, 3.05) is 38.0 Å². The normalized spacial score (nSPS) is 14.8. The monoisotopic (exact) mass is 407 g/mol. The van der Waals surface area contributed by atoms with E-state index in [-0.39, 0.29) is 11.8 Å². The molecule has 0 aliphatic carbocycles. The van der Waals surface area contributed by atoms with Crippen LogP contribution in [0.15, 0.2) is 42.5 Å². The van der Waals surface area contributed by atoms with Gasteiger partial charge in [0.1, 0.15) is 0 Å². The first kappa shape index (κ1) is 22.0. The van der Waals surface area contributed by atoms with Crippen LogP contribution in [0.3, 0.4) is 0 Å². The van der Waals surface area contributed by atoms with E-state index in [1.165, 1.54) is 0 Å². The Kier molecular flexibility index (Phi) is 7.27. The number of aryl methyl sites for hydroxylation is 2. The SMILES string of the molecule is Cc1ccccc1CC(=O)N1CCN(CC(=O)Nc2c(C)cccc2C(C)C)CC1. The van der Waals surface area contributed by atoms with E-state index in [4.69, 9.17) is 0 Å². The van der Waals surface area contributed by atoms with Crippen LogP contribution in [0.2, 0.25) is 0 Å². The highest BCUT2D eigenvalue weighted by molar-refractivity contribution is 5.94. The Labute approximate surface area is 180 Å². The van der Waals surface area contributed by atoms with Crippen molar-refractivity contribution in [3.8, 4) is 0 Å². The quantitative estimate of drug-likeness (QED) is 0.793. The molecule has 1 aliphatic rings. The summed E-state index contributed by atoms with van der Waals surface area (Å²) in [6.07, 6.45) is 0.443. The second kappa shape index (κ2) is 9.90. The summed E-state index contributed by atoms with van der Waals surface area (Å²) in [5, 5.41) is 3.12. The molecule has 1 saturated heterocycles. The van der Waals surface area contributed by atoms with Crippen molar-refractivity contribution in [2.45, 2.75) is 40.0 Å². The number of hydrogen-bond donors (Lipinski definition) is 1. The van der Waals surface area contributed by atoms with Crippen molar-refractivity contribution in [1.29, 1.82) is 0 Å². The smallest absolute Gasteiger partial charge is 0.238 e. The second-order valence-electron chi connectivity index (χ2n) is 8.50. The van der Waals surface area contributed by atoms with Gasteiger partial charge in [-0.3, -0.25) is 14.5 Å². The summed E-state index contributed by atoms with van der Waals surface area (Å²) in [4.78, 5) is 29.4. The predicted molar refractivity (Wildman–Crippen MR) is 122 cm³/mol. The maximum absolute atomic E-state index is 12.7. The first-order valence-electron chi connectivity index (χ1n) is 10.8. The zero-order chi connectivity index (χ0) is 21.7. The summed E-state index contributed by atoms with van der Waals surface area (Å²) in [7, 11) is 0. The van der Waals surface area contributed by atoms with E-state index in [2.05, 4.69) is 30.1 Å². The average molecular weight is 408 g/mol. The predicted octanol–water partition coefficient (Wildman–Crippen LogP) is 3.75. The van der Waals surface area contributed by atoms with Crippen LogP contribution in [0.1, 0.15) is 42.0 Å². The number of amides is 2. The van der Waals surface area contributed by atoms with Crippen LogP contribution >= 0.6 is 0 Å². The number of piperazine rings is 1. The molecule has 0 aromatic heterocycles. The molecule has 3 rings (SSSR count). The number of anilines is 1. The van der Waals surface area contributed by atoms with Crippen molar-refractivity contribution < 1.29 is 9.59 Å². The van der Waals surface area contributed by atoms with E-state index in [9.17, 15) is 9.59 Å². The lowest BCUT2D eigenvalue weighted by Crippen LogP contribution is -2.50. The zero-order valence-electron chi connectivity index (χ0n) is 18.6. The molecule has 2 aromatic carbocycles. The van der Waals surface area contributed by atoms with Gasteiger partial charge in [0.2, 0.25) is 11.8 Å². The Hall–Kier alpha value is -2.66. The molecule has 0 unspecified atom stereocenters. The lowest BCUT2D eigenvalue weighted by atomic mass is 9.98. The van der Waals surface area contributed by atoms with Gasteiger partial charge < -0.3 is 10.2 Å². The third-order valence-electron chi connectivity index (χ3n) is 5.89. The summed E-state index contributed by atoms with van der Waals surface area (Å²) in [6.45, 7) is 11.5. The van der Waals surface area contributed by atoms with E-state index >= 15 is 0 Å². The second-order valence-corrected chi connectivity index (χ2v) is 8.50. The molecular formula is C25H33N3O2. The summed E-state index contributed by atoms with van der Waals surface area (Å²) < 4.78 is 0. The fourth-order valence-electron chi connectivity index (χ4n) is 3.96. The number of nitrogens with zero attached hydrogens (tertiary/aromatic N) is 2. The van der Waals surface area contributed by atoms with Crippen LogP contribution in [0.5, 0.6) is 0 Å². The maximum atomic E-state index is 12.7. The highest BCUT2D eigenvalue weighted by Gasteiger charge is 2.23. The Morgan fingerprint density at radius 1 is 0.933 bits per heavy atom. The number of hydrogen-bond acceptors (Lipinski definition) is 3. The van der Waals surface area contributed by atoms with E-state index in [0.717, 1.165) is 41.0 Å². The van der Waals surface area contributed by atoms with Gasteiger partial charge in [-0.05, 0) is 42.0 Å². The van der Waals surface area contributed by atoms with Crippen LogP contribution in [0.4, 0.5) is 5.69 Å². The van der Waals surface area contributed by atoms with Gasteiger partial charge in [-0.15, -0.1) is 0 Å². The molecule has 0 saturated carbocycles. The first-order chi connectivity index (χ1) is 14.3. The molecule has 0 radical (unpaired) electrons. The molecular weight excluding hydrogens is 374 g/mol. The molecule has 0 bridgehead atoms. The summed E-state index contributed by atoms with van der Waals surface area (Å²) in [6, 6.07) is 14.2. The Morgan fingerprint density at radius 3 is 2.27 bits per heavy atom. The Morgan fingerprint density at radius 2 is 1.60 bits per heavy atom. The van der Waals surface area contributed by atoms with E-state index in [0.29, 0.717) is 32.0 Å². The van der Waals surface area contributed by atoms with Crippen LogP contribution in [-0.4, -0.2) is 54.3 Å². The van der Waals surface area contributed by atoms with E-state index in [1.807, 2.05) is 55.1 Å². The zero-order valence-corrected chi connectivity index (χ0v) is 18.6. The number of benzene rings is 2. The highest BCUT2D eigenvalue weighted by atomic mass is 16.2. The van der Waals surface area contributed by atoms with Crippen molar-refractivity contribution in [3.63, 3.8) is 0 Å². The van der Waals surface area contributed by atoms with Gasteiger partial charge in [-0.25, -0.2) is 0 Å². The largest absolute Gasteiger partial charge is 0.340 e. The molecule has 1 N–H and O–H groups in total. The minimum absolute atomic E-state index is 0.00545. The molecule has 5 heteroatoms. The molecule has 0 spiro atoms. The van der Waals surface area contributed by atoms with Crippen LogP contribution in [0.25, 0.3) is 0 Å². The Bertz CT molecular complexity index is 899. The summed E-state index contributed by atoms with van der Waals surface area (Å²) >= 11 is 0. The topological polar surface area (TPSA) is 52.7 Å². The maximum Gasteiger partial charge on any atom is 0.238 e. The number of carbonyl (C=O) groups excluding carboxylic acids is 2. The van der Waals surface area contributed by atoms with Crippen LogP contribution < -0.4 is 5.32 Å². The third-order valence-corrected chi connectivity index (χ3v) is 5.89. The van der Waals surface area contributed by atoms with Gasteiger partial charge in [0.25, 0.3) is 0 Å².